The van der Waals surface area contributed by atoms with Crippen LogP contribution in [0.5, 0.6) is 11.5 Å². The van der Waals surface area contributed by atoms with Crippen LogP contribution in [0.4, 0.5) is 5.69 Å². The van der Waals surface area contributed by atoms with E-state index in [0.717, 1.165) is 11.4 Å². The summed E-state index contributed by atoms with van der Waals surface area (Å²) < 4.78 is 11.0. The van der Waals surface area contributed by atoms with Crippen LogP contribution in [-0.4, -0.2) is 19.8 Å². The van der Waals surface area contributed by atoms with Gasteiger partial charge in [0.25, 0.3) is 0 Å². The Morgan fingerprint density at radius 2 is 1.75 bits per heavy atom. The van der Waals surface area contributed by atoms with E-state index < -0.39 is 0 Å². The van der Waals surface area contributed by atoms with Crippen LogP contribution in [0.1, 0.15) is 6.92 Å². The maximum atomic E-state index is 6.01. The molecule has 0 amide bonds. The van der Waals surface area contributed by atoms with Crippen molar-refractivity contribution >= 4 is 17.3 Å². The molecule has 0 saturated carbocycles. The van der Waals surface area contributed by atoms with Crippen molar-refractivity contribution in [1.29, 1.82) is 0 Å². The average Bonchev–Trinajstić information content (AvgIpc) is 2.47. The Hall–Kier alpha value is -1.87. The van der Waals surface area contributed by atoms with Gasteiger partial charge >= 0.3 is 0 Å². The number of anilines is 1. The number of hydrogen-bond donors (Lipinski definition) is 1. The van der Waals surface area contributed by atoms with Crippen molar-refractivity contribution in [2.45, 2.75) is 6.92 Å². The molecule has 0 aliphatic rings. The van der Waals surface area contributed by atoms with E-state index in [0.29, 0.717) is 30.5 Å². The smallest absolute Gasteiger partial charge is 0.137 e. The summed E-state index contributed by atoms with van der Waals surface area (Å²) in [6.07, 6.45) is 0. The Morgan fingerprint density at radius 3 is 2.45 bits per heavy atom. The van der Waals surface area contributed by atoms with Gasteiger partial charge in [-0.3, -0.25) is 0 Å². The Labute approximate surface area is 124 Å². The second-order valence-electron chi connectivity index (χ2n) is 4.16. The summed E-state index contributed by atoms with van der Waals surface area (Å²) in [4.78, 5) is 0. The van der Waals surface area contributed by atoms with Crippen molar-refractivity contribution in [2.75, 3.05) is 25.1 Å². The van der Waals surface area contributed by atoms with E-state index in [1.54, 1.807) is 0 Å². The molecule has 1 N–H and O–H groups in total. The molecule has 2 aromatic carbocycles. The van der Waals surface area contributed by atoms with Crippen LogP contribution < -0.4 is 14.8 Å². The maximum Gasteiger partial charge on any atom is 0.137 e. The summed E-state index contributed by atoms with van der Waals surface area (Å²) in [6.45, 7) is 3.91. The molecule has 0 aliphatic heterocycles. The summed E-state index contributed by atoms with van der Waals surface area (Å²) in [5.74, 6) is 1.59. The molecule has 0 aromatic heterocycles. The third-order valence-electron chi connectivity index (χ3n) is 2.69. The van der Waals surface area contributed by atoms with E-state index >= 15 is 0 Å². The average molecular weight is 292 g/mol. The Balaban J connectivity index is 1.74. The molecule has 0 atom stereocenters. The molecule has 3 nitrogen and oxygen atoms in total. The van der Waals surface area contributed by atoms with Gasteiger partial charge in [0, 0.05) is 12.2 Å². The molecule has 0 spiro atoms. The fourth-order valence-electron chi connectivity index (χ4n) is 1.75. The first-order valence-electron chi connectivity index (χ1n) is 6.63. The maximum absolute atomic E-state index is 6.01. The van der Waals surface area contributed by atoms with Gasteiger partial charge in [-0.1, -0.05) is 23.7 Å². The molecule has 0 fully saturated rings. The van der Waals surface area contributed by atoms with Crippen LogP contribution in [0.25, 0.3) is 0 Å². The highest BCUT2D eigenvalue weighted by Crippen LogP contribution is 2.22. The van der Waals surface area contributed by atoms with Crippen molar-refractivity contribution in [2.24, 2.45) is 0 Å². The van der Waals surface area contributed by atoms with Gasteiger partial charge in [0.15, 0.2) is 0 Å². The van der Waals surface area contributed by atoms with Gasteiger partial charge in [-0.05, 0) is 43.3 Å². The lowest BCUT2D eigenvalue weighted by Gasteiger charge is -2.10. The predicted octanol–water partition coefficient (Wildman–Crippen LogP) is 4.23. The van der Waals surface area contributed by atoms with Crippen LogP contribution in [0, 0.1) is 0 Å². The fourth-order valence-corrected chi connectivity index (χ4v) is 1.94. The molecule has 0 radical (unpaired) electrons. The van der Waals surface area contributed by atoms with Gasteiger partial charge in [0.1, 0.15) is 18.1 Å². The number of nitrogens with one attached hydrogen (secondary N) is 1. The van der Waals surface area contributed by atoms with E-state index in [4.69, 9.17) is 21.1 Å². The highest BCUT2D eigenvalue weighted by Gasteiger charge is 1.99. The van der Waals surface area contributed by atoms with E-state index in [9.17, 15) is 0 Å². The first kappa shape index (κ1) is 14.5. The Kier molecular flexibility index (Phi) is 5.56. The Morgan fingerprint density at radius 1 is 1.00 bits per heavy atom. The fraction of sp³-hybridized carbons (Fsp3) is 0.250. The Bertz CT molecular complexity index is 528. The molecule has 0 bridgehead atoms. The van der Waals surface area contributed by atoms with Gasteiger partial charge in [0.05, 0.1) is 11.6 Å². The SMILES string of the molecule is CCOc1ccc(NCCOc2ccccc2Cl)cc1. The van der Waals surface area contributed by atoms with E-state index in [2.05, 4.69) is 5.32 Å². The quantitative estimate of drug-likeness (QED) is 0.774. The summed E-state index contributed by atoms with van der Waals surface area (Å²) in [5, 5.41) is 3.91. The van der Waals surface area contributed by atoms with E-state index in [-0.39, 0.29) is 0 Å². The van der Waals surface area contributed by atoms with Crippen LogP contribution >= 0.6 is 11.6 Å². The van der Waals surface area contributed by atoms with Crippen LogP contribution in [0.15, 0.2) is 48.5 Å². The standard InChI is InChI=1S/C16H18ClNO2/c1-2-19-14-9-7-13(8-10-14)18-11-12-20-16-6-4-3-5-15(16)17/h3-10,18H,2,11-12H2,1H3. The van der Waals surface area contributed by atoms with Crippen molar-refractivity contribution in [3.63, 3.8) is 0 Å². The first-order valence-corrected chi connectivity index (χ1v) is 7.01. The monoisotopic (exact) mass is 291 g/mol. The number of halogens is 1. The highest BCUT2D eigenvalue weighted by atomic mass is 35.5. The number of benzene rings is 2. The number of ether oxygens (including phenoxy) is 2. The van der Waals surface area contributed by atoms with Crippen LogP contribution in [-0.2, 0) is 0 Å². The van der Waals surface area contributed by atoms with Crippen molar-refractivity contribution < 1.29 is 9.47 Å². The summed E-state index contributed by atoms with van der Waals surface area (Å²) in [5.41, 5.74) is 1.04. The molecular weight excluding hydrogens is 274 g/mol. The van der Waals surface area contributed by atoms with Crippen molar-refractivity contribution in [1.82, 2.24) is 0 Å². The molecule has 2 aromatic rings. The van der Waals surface area contributed by atoms with Crippen molar-refractivity contribution in [3.05, 3.63) is 53.6 Å². The largest absolute Gasteiger partial charge is 0.494 e. The van der Waals surface area contributed by atoms with Gasteiger partial charge in [-0.15, -0.1) is 0 Å². The number of hydrogen-bond acceptors (Lipinski definition) is 3. The number of rotatable bonds is 7. The minimum absolute atomic E-state index is 0.553. The summed E-state index contributed by atoms with van der Waals surface area (Å²) >= 11 is 6.01. The molecule has 0 heterocycles. The summed E-state index contributed by atoms with van der Waals surface area (Å²) in [7, 11) is 0. The van der Waals surface area contributed by atoms with Gasteiger partial charge in [-0.25, -0.2) is 0 Å². The predicted molar refractivity (Wildman–Crippen MR) is 83.0 cm³/mol. The minimum Gasteiger partial charge on any atom is -0.494 e. The zero-order valence-corrected chi connectivity index (χ0v) is 12.2. The lowest BCUT2D eigenvalue weighted by Crippen LogP contribution is -2.11. The second kappa shape index (κ2) is 7.65. The molecule has 0 aliphatic carbocycles. The lowest BCUT2D eigenvalue weighted by atomic mass is 10.3. The van der Waals surface area contributed by atoms with Gasteiger partial charge < -0.3 is 14.8 Å². The van der Waals surface area contributed by atoms with Crippen LogP contribution in [0.3, 0.4) is 0 Å². The zero-order chi connectivity index (χ0) is 14.2. The minimum atomic E-state index is 0.553. The molecular formula is C16H18ClNO2. The topological polar surface area (TPSA) is 30.5 Å². The number of para-hydroxylation sites is 1. The summed E-state index contributed by atoms with van der Waals surface area (Å²) in [6, 6.07) is 15.3. The lowest BCUT2D eigenvalue weighted by molar-refractivity contribution is 0.333. The van der Waals surface area contributed by atoms with Crippen molar-refractivity contribution in [3.8, 4) is 11.5 Å². The highest BCUT2D eigenvalue weighted by molar-refractivity contribution is 6.32. The van der Waals surface area contributed by atoms with Gasteiger partial charge in [0.2, 0.25) is 0 Å². The second-order valence-corrected chi connectivity index (χ2v) is 4.57. The third-order valence-corrected chi connectivity index (χ3v) is 3.00. The molecule has 2 rings (SSSR count). The zero-order valence-electron chi connectivity index (χ0n) is 11.4. The molecule has 106 valence electrons. The van der Waals surface area contributed by atoms with Crippen LogP contribution in [0.2, 0.25) is 5.02 Å². The molecule has 0 saturated heterocycles. The normalized spacial score (nSPS) is 10.1. The molecule has 20 heavy (non-hydrogen) atoms. The molecule has 0 unspecified atom stereocenters. The van der Waals surface area contributed by atoms with E-state index in [1.807, 2.05) is 55.5 Å². The first-order chi connectivity index (χ1) is 9.79. The molecule has 4 heteroatoms. The van der Waals surface area contributed by atoms with Gasteiger partial charge in [-0.2, -0.15) is 0 Å². The van der Waals surface area contributed by atoms with E-state index in [1.165, 1.54) is 0 Å². The third kappa shape index (κ3) is 4.35.